The lowest BCUT2D eigenvalue weighted by Gasteiger charge is -2.20. The number of aliphatic imine (C=N–C) groups is 1. The summed E-state index contributed by atoms with van der Waals surface area (Å²) in [5.74, 6) is 0.216. The van der Waals surface area contributed by atoms with Crippen LogP contribution in [0.4, 0.5) is 11.4 Å². The normalized spacial score (nSPS) is 21.1. The first-order valence-corrected chi connectivity index (χ1v) is 12.6. The lowest BCUT2D eigenvalue weighted by molar-refractivity contribution is -0.129. The number of anilines is 1. The monoisotopic (exact) mass is 489 g/mol. The second kappa shape index (κ2) is 10.5. The Morgan fingerprint density at radius 2 is 1.94 bits per heavy atom. The number of ether oxygens (including phenoxy) is 2. The maximum Gasteiger partial charge on any atom is 0.242 e. The Labute approximate surface area is 208 Å². The van der Waals surface area contributed by atoms with Crippen molar-refractivity contribution in [2.24, 2.45) is 4.99 Å². The minimum absolute atomic E-state index is 0.0153. The number of methoxy groups -OCH3 is 1. The molecule has 0 bridgehead atoms. The zero-order valence-electron chi connectivity index (χ0n) is 19.5. The first-order chi connectivity index (χ1) is 17.1. The molecule has 1 N–H and O–H groups in total. The summed E-state index contributed by atoms with van der Waals surface area (Å²) in [6, 6.07) is 21.2. The van der Waals surface area contributed by atoms with E-state index in [1.54, 1.807) is 24.1 Å². The number of nitrogens with one attached hydrogen (secondary N) is 1. The van der Waals surface area contributed by atoms with E-state index in [4.69, 9.17) is 14.5 Å². The molecule has 2 fully saturated rings. The van der Waals surface area contributed by atoms with Crippen LogP contribution in [0.25, 0.3) is 10.8 Å². The summed E-state index contributed by atoms with van der Waals surface area (Å²) < 4.78 is 11.1. The smallest absolute Gasteiger partial charge is 0.242 e. The number of para-hydroxylation sites is 2. The van der Waals surface area contributed by atoms with Crippen molar-refractivity contribution in [1.82, 2.24) is 4.90 Å². The Bertz CT molecular complexity index is 1270. The topological polar surface area (TPSA) is 80.2 Å². The molecule has 2 unspecified atom stereocenters. The highest BCUT2D eigenvalue weighted by Crippen LogP contribution is 2.35. The molecule has 3 aromatic carbocycles. The molecular weight excluding hydrogens is 462 g/mol. The number of rotatable bonds is 7. The minimum atomic E-state index is -0.556. The van der Waals surface area contributed by atoms with Gasteiger partial charge in [0.1, 0.15) is 11.0 Å². The van der Waals surface area contributed by atoms with Gasteiger partial charge in [-0.05, 0) is 36.4 Å². The molecule has 0 aliphatic carbocycles. The lowest BCUT2D eigenvalue weighted by atomic mass is 10.1. The summed E-state index contributed by atoms with van der Waals surface area (Å²) in [5.41, 5.74) is 1.38. The first kappa shape index (κ1) is 23.4. The Balaban J connectivity index is 1.39. The van der Waals surface area contributed by atoms with Crippen molar-refractivity contribution in [3.63, 3.8) is 0 Å². The molecule has 2 saturated heterocycles. The second-order valence-electron chi connectivity index (χ2n) is 8.54. The van der Waals surface area contributed by atoms with Crippen molar-refractivity contribution in [3.8, 4) is 5.75 Å². The number of hydrogen-bond donors (Lipinski definition) is 1. The van der Waals surface area contributed by atoms with Crippen LogP contribution in [0.15, 0.2) is 71.7 Å². The highest BCUT2D eigenvalue weighted by Gasteiger charge is 2.40. The lowest BCUT2D eigenvalue weighted by Crippen LogP contribution is -2.38. The maximum atomic E-state index is 13.4. The molecule has 180 valence electrons. The van der Waals surface area contributed by atoms with Crippen molar-refractivity contribution in [1.29, 1.82) is 0 Å². The number of hydrogen-bond acceptors (Lipinski definition) is 6. The summed E-state index contributed by atoms with van der Waals surface area (Å²) in [6.45, 7) is 1.15. The molecule has 0 radical (unpaired) electrons. The predicted octanol–water partition coefficient (Wildman–Crippen LogP) is 4.99. The van der Waals surface area contributed by atoms with Gasteiger partial charge >= 0.3 is 0 Å². The molecule has 2 aliphatic rings. The molecule has 0 spiro atoms. The van der Waals surface area contributed by atoms with Crippen LogP contribution in [0, 0.1) is 0 Å². The fourth-order valence-corrected chi connectivity index (χ4v) is 5.57. The van der Waals surface area contributed by atoms with E-state index in [0.717, 1.165) is 29.3 Å². The molecule has 2 atom stereocenters. The summed E-state index contributed by atoms with van der Waals surface area (Å²) >= 11 is 1.34. The van der Waals surface area contributed by atoms with Crippen molar-refractivity contribution < 1.29 is 19.1 Å². The van der Waals surface area contributed by atoms with E-state index in [2.05, 4.69) is 5.32 Å². The van der Waals surface area contributed by atoms with Gasteiger partial charge in [-0.2, -0.15) is 0 Å². The number of amides is 2. The Morgan fingerprint density at radius 1 is 1.14 bits per heavy atom. The Kier molecular flexibility index (Phi) is 7.01. The van der Waals surface area contributed by atoms with Crippen molar-refractivity contribution in [3.05, 3.63) is 66.7 Å². The van der Waals surface area contributed by atoms with E-state index in [9.17, 15) is 9.59 Å². The van der Waals surface area contributed by atoms with Gasteiger partial charge in [0.2, 0.25) is 11.8 Å². The molecule has 2 amide bonds. The average Bonchev–Trinajstić information content (AvgIpc) is 3.49. The van der Waals surface area contributed by atoms with Gasteiger partial charge in [-0.3, -0.25) is 14.5 Å². The van der Waals surface area contributed by atoms with Gasteiger partial charge in [0.05, 0.1) is 31.1 Å². The van der Waals surface area contributed by atoms with Gasteiger partial charge < -0.3 is 14.8 Å². The van der Waals surface area contributed by atoms with Crippen LogP contribution in [0.1, 0.15) is 19.3 Å². The SMILES string of the molecule is COc1ccccc1NC(=O)CC1SC(=Nc2cccc3ccccc23)N(CC2CCCO2)C1=O. The molecule has 35 heavy (non-hydrogen) atoms. The summed E-state index contributed by atoms with van der Waals surface area (Å²) in [6.07, 6.45) is 1.92. The predicted molar refractivity (Wildman–Crippen MR) is 139 cm³/mol. The number of nitrogens with zero attached hydrogens (tertiary/aromatic N) is 2. The second-order valence-corrected chi connectivity index (χ2v) is 9.71. The highest BCUT2D eigenvalue weighted by atomic mass is 32.2. The van der Waals surface area contributed by atoms with Crippen molar-refractivity contribution in [2.45, 2.75) is 30.6 Å². The fourth-order valence-electron chi connectivity index (χ4n) is 4.41. The van der Waals surface area contributed by atoms with E-state index in [1.165, 1.54) is 11.8 Å². The van der Waals surface area contributed by atoms with E-state index in [1.807, 2.05) is 54.6 Å². The third-order valence-corrected chi connectivity index (χ3v) is 7.34. The van der Waals surface area contributed by atoms with Gasteiger partial charge in [0, 0.05) is 18.4 Å². The highest BCUT2D eigenvalue weighted by molar-refractivity contribution is 8.15. The maximum absolute atomic E-state index is 13.4. The van der Waals surface area contributed by atoms with Crippen LogP contribution >= 0.6 is 11.8 Å². The largest absolute Gasteiger partial charge is 0.495 e. The number of carbonyl (C=O) groups excluding carboxylic acids is 2. The zero-order valence-corrected chi connectivity index (χ0v) is 20.3. The van der Waals surface area contributed by atoms with Crippen LogP contribution in [0.5, 0.6) is 5.75 Å². The molecule has 0 aromatic heterocycles. The van der Waals surface area contributed by atoms with Crippen molar-refractivity contribution in [2.75, 3.05) is 25.6 Å². The van der Waals surface area contributed by atoms with E-state index < -0.39 is 5.25 Å². The van der Waals surface area contributed by atoms with Crippen molar-refractivity contribution >= 4 is 50.9 Å². The number of carbonyl (C=O) groups is 2. The third kappa shape index (κ3) is 5.18. The Hall–Kier alpha value is -3.36. The van der Waals surface area contributed by atoms with Crippen LogP contribution in [-0.4, -0.2) is 53.5 Å². The molecule has 7 nitrogen and oxygen atoms in total. The average molecular weight is 490 g/mol. The molecule has 8 heteroatoms. The molecule has 0 saturated carbocycles. The third-order valence-electron chi connectivity index (χ3n) is 6.16. The van der Waals surface area contributed by atoms with Gasteiger partial charge in [0.15, 0.2) is 5.17 Å². The van der Waals surface area contributed by atoms with E-state index >= 15 is 0 Å². The standard InChI is InChI=1S/C27H27N3O4S/c1-33-23-14-5-4-12-22(23)28-25(31)16-24-26(32)30(17-19-10-7-15-34-19)27(35-24)29-21-13-6-9-18-8-2-3-11-20(18)21/h2-6,8-9,11-14,19,24H,7,10,15-17H2,1H3,(H,28,31). The molecule has 2 heterocycles. The number of fused-ring (bicyclic) bond motifs is 1. The number of amidine groups is 1. The quantitative estimate of drug-likeness (QED) is 0.506. The van der Waals surface area contributed by atoms with Crippen LogP contribution in [-0.2, 0) is 14.3 Å². The number of thioether (sulfide) groups is 1. The van der Waals surface area contributed by atoms with Crippen LogP contribution < -0.4 is 10.1 Å². The summed E-state index contributed by atoms with van der Waals surface area (Å²) in [4.78, 5) is 32.9. The first-order valence-electron chi connectivity index (χ1n) is 11.7. The van der Waals surface area contributed by atoms with Gasteiger partial charge in [-0.25, -0.2) is 4.99 Å². The zero-order chi connectivity index (χ0) is 24.2. The van der Waals surface area contributed by atoms with Gasteiger partial charge in [0.25, 0.3) is 0 Å². The molecule has 2 aliphatic heterocycles. The number of benzene rings is 3. The van der Waals surface area contributed by atoms with Gasteiger partial charge in [-0.15, -0.1) is 0 Å². The van der Waals surface area contributed by atoms with Gasteiger partial charge in [-0.1, -0.05) is 60.3 Å². The minimum Gasteiger partial charge on any atom is -0.495 e. The van der Waals surface area contributed by atoms with Crippen LogP contribution in [0.3, 0.4) is 0 Å². The molecular formula is C27H27N3O4S. The molecule has 3 aromatic rings. The van der Waals surface area contributed by atoms with E-state index in [-0.39, 0.29) is 24.3 Å². The summed E-state index contributed by atoms with van der Waals surface area (Å²) in [7, 11) is 1.56. The Morgan fingerprint density at radius 3 is 2.77 bits per heavy atom. The molecule has 5 rings (SSSR count). The van der Waals surface area contributed by atoms with Crippen LogP contribution in [0.2, 0.25) is 0 Å². The fraction of sp³-hybridized carbons (Fsp3) is 0.296. The van der Waals surface area contributed by atoms with E-state index in [0.29, 0.717) is 29.8 Å². The summed E-state index contributed by atoms with van der Waals surface area (Å²) in [5, 5.41) is 5.03.